The summed E-state index contributed by atoms with van der Waals surface area (Å²) in [6, 6.07) is 0. The van der Waals surface area contributed by atoms with E-state index in [1.165, 1.54) is 0 Å². The van der Waals surface area contributed by atoms with Gasteiger partial charge in [0.25, 0.3) is 0 Å². The van der Waals surface area contributed by atoms with Gasteiger partial charge in [-0.1, -0.05) is 18.2 Å². The minimum atomic E-state index is -0.892. The van der Waals surface area contributed by atoms with Gasteiger partial charge in [0.05, 0.1) is 5.57 Å². The molecule has 11 heavy (non-hydrogen) atoms. The van der Waals surface area contributed by atoms with Crippen LogP contribution in [0.5, 0.6) is 0 Å². The average Bonchev–Trinajstić information content (AvgIpc) is 1.86. The number of rotatable bonds is 1. The fourth-order valence-electron chi connectivity index (χ4n) is 0.905. The Kier molecular flexibility index (Phi) is 1.83. The van der Waals surface area contributed by atoms with E-state index < -0.39 is 5.97 Å². The van der Waals surface area contributed by atoms with Gasteiger partial charge in [0.15, 0.2) is 0 Å². The molecule has 3 nitrogen and oxygen atoms in total. The molecule has 60 valence electrons. The zero-order valence-corrected chi connectivity index (χ0v) is 6.37. The number of hydrogen-bond acceptors (Lipinski definition) is 2. The fourth-order valence-corrected chi connectivity index (χ4v) is 0.905. The Morgan fingerprint density at radius 2 is 2.45 bits per heavy atom. The molecule has 0 heterocycles. The van der Waals surface area contributed by atoms with Gasteiger partial charge in [-0.15, -0.1) is 0 Å². The van der Waals surface area contributed by atoms with Crippen molar-refractivity contribution in [1.82, 2.24) is 0 Å². The van der Waals surface area contributed by atoms with Crippen molar-refractivity contribution in [3.8, 4) is 0 Å². The number of aliphatic carboxylic acids is 1. The molecule has 1 aliphatic carbocycles. The number of carbonyl (C=O) groups is 1. The van der Waals surface area contributed by atoms with E-state index in [0.717, 1.165) is 0 Å². The van der Waals surface area contributed by atoms with Gasteiger partial charge in [-0.25, -0.2) is 4.79 Å². The molecule has 1 atom stereocenters. The highest BCUT2D eigenvalue weighted by Gasteiger charge is 2.18. The predicted molar refractivity (Wildman–Crippen MR) is 42.1 cm³/mol. The van der Waals surface area contributed by atoms with Crippen molar-refractivity contribution in [1.29, 1.82) is 0 Å². The van der Waals surface area contributed by atoms with Crippen molar-refractivity contribution in [2.24, 2.45) is 5.73 Å². The smallest absolute Gasteiger partial charge is 0.335 e. The van der Waals surface area contributed by atoms with Gasteiger partial charge < -0.3 is 10.8 Å². The number of nitrogens with two attached hydrogens (primary N) is 1. The van der Waals surface area contributed by atoms with Gasteiger partial charge in [-0.3, -0.25) is 0 Å². The Balaban J connectivity index is 2.75. The van der Waals surface area contributed by atoms with Crippen LogP contribution in [0.1, 0.15) is 13.3 Å². The molecule has 0 saturated carbocycles. The lowest BCUT2D eigenvalue weighted by molar-refractivity contribution is -0.132. The van der Waals surface area contributed by atoms with Gasteiger partial charge in [0, 0.05) is 5.54 Å². The molecular formula is C8H11NO2. The van der Waals surface area contributed by atoms with Gasteiger partial charge in [0.1, 0.15) is 0 Å². The molecule has 3 heteroatoms. The summed E-state index contributed by atoms with van der Waals surface area (Å²) in [5.41, 5.74) is 5.67. The molecule has 0 aliphatic heterocycles. The van der Waals surface area contributed by atoms with Gasteiger partial charge in [0.2, 0.25) is 0 Å². The summed E-state index contributed by atoms with van der Waals surface area (Å²) in [7, 11) is 0. The lowest BCUT2D eigenvalue weighted by Gasteiger charge is -2.21. The first-order chi connectivity index (χ1) is 5.01. The zero-order valence-electron chi connectivity index (χ0n) is 6.37. The summed E-state index contributed by atoms with van der Waals surface area (Å²) in [5.74, 6) is -0.892. The van der Waals surface area contributed by atoms with Crippen LogP contribution in [0.3, 0.4) is 0 Å². The number of carboxylic acid groups (broad SMARTS) is 1. The third kappa shape index (κ3) is 1.91. The molecule has 0 spiro atoms. The number of carboxylic acids is 1. The maximum atomic E-state index is 10.4. The van der Waals surface area contributed by atoms with Crippen LogP contribution in [0.4, 0.5) is 0 Å². The van der Waals surface area contributed by atoms with Crippen molar-refractivity contribution in [3.63, 3.8) is 0 Å². The molecule has 0 radical (unpaired) electrons. The Bertz CT molecular complexity index is 238. The summed E-state index contributed by atoms with van der Waals surface area (Å²) in [6.45, 7) is 1.86. The van der Waals surface area contributed by atoms with E-state index in [4.69, 9.17) is 10.8 Å². The summed E-state index contributed by atoms with van der Waals surface area (Å²) >= 11 is 0. The van der Waals surface area contributed by atoms with Crippen LogP contribution in [0, 0.1) is 0 Å². The van der Waals surface area contributed by atoms with Crippen molar-refractivity contribution in [2.75, 3.05) is 0 Å². The van der Waals surface area contributed by atoms with Crippen LogP contribution in [0.15, 0.2) is 23.8 Å². The fraction of sp³-hybridized carbons (Fsp3) is 0.375. The SMILES string of the molecule is CC1(N)C=CC(C(=O)O)=CC1. The molecule has 0 saturated heterocycles. The lowest BCUT2D eigenvalue weighted by Crippen LogP contribution is -2.34. The second kappa shape index (κ2) is 2.51. The molecule has 0 fully saturated rings. The minimum absolute atomic E-state index is 0.327. The van der Waals surface area contributed by atoms with Crippen LogP contribution in [-0.4, -0.2) is 16.6 Å². The van der Waals surface area contributed by atoms with E-state index in [1.807, 2.05) is 6.92 Å². The highest BCUT2D eigenvalue weighted by molar-refractivity contribution is 5.90. The van der Waals surface area contributed by atoms with Crippen molar-refractivity contribution >= 4 is 5.97 Å². The van der Waals surface area contributed by atoms with Crippen molar-refractivity contribution in [2.45, 2.75) is 18.9 Å². The molecule has 1 unspecified atom stereocenters. The first kappa shape index (κ1) is 8.01. The second-order valence-electron chi connectivity index (χ2n) is 3.01. The first-order valence-corrected chi connectivity index (χ1v) is 3.43. The molecule has 0 aromatic rings. The van der Waals surface area contributed by atoms with E-state index in [1.54, 1.807) is 18.2 Å². The number of hydrogen-bond donors (Lipinski definition) is 2. The maximum absolute atomic E-state index is 10.4. The van der Waals surface area contributed by atoms with Crippen LogP contribution >= 0.6 is 0 Å². The summed E-state index contributed by atoms with van der Waals surface area (Å²) in [6.07, 6.45) is 5.50. The van der Waals surface area contributed by atoms with Gasteiger partial charge >= 0.3 is 5.97 Å². The van der Waals surface area contributed by atoms with E-state index >= 15 is 0 Å². The third-order valence-corrected chi connectivity index (χ3v) is 1.65. The third-order valence-electron chi connectivity index (χ3n) is 1.65. The maximum Gasteiger partial charge on any atom is 0.335 e. The Labute approximate surface area is 65.2 Å². The monoisotopic (exact) mass is 153 g/mol. The standard InChI is InChI=1S/C8H11NO2/c1-8(9)4-2-6(3-5-8)7(10)11/h2-4H,5,9H2,1H3,(H,10,11). The molecule has 0 amide bonds. The highest BCUT2D eigenvalue weighted by Crippen LogP contribution is 2.17. The molecule has 0 aromatic heterocycles. The molecule has 1 rings (SSSR count). The van der Waals surface area contributed by atoms with E-state index in [2.05, 4.69) is 0 Å². The largest absolute Gasteiger partial charge is 0.478 e. The quantitative estimate of drug-likeness (QED) is 0.582. The summed E-state index contributed by atoms with van der Waals surface area (Å²) in [4.78, 5) is 10.4. The highest BCUT2D eigenvalue weighted by atomic mass is 16.4. The average molecular weight is 153 g/mol. The van der Waals surface area contributed by atoms with Gasteiger partial charge in [-0.2, -0.15) is 0 Å². The van der Waals surface area contributed by atoms with E-state index in [0.29, 0.717) is 12.0 Å². The molecule has 0 aromatic carbocycles. The van der Waals surface area contributed by atoms with Crippen LogP contribution < -0.4 is 5.73 Å². The Morgan fingerprint density at radius 3 is 2.82 bits per heavy atom. The van der Waals surface area contributed by atoms with Crippen molar-refractivity contribution in [3.05, 3.63) is 23.8 Å². The predicted octanol–water partition coefficient (Wildman–Crippen LogP) is 0.675. The summed E-state index contributed by atoms with van der Waals surface area (Å²) in [5, 5.41) is 8.55. The Hall–Kier alpha value is -1.09. The normalized spacial score (nSPS) is 29.8. The van der Waals surface area contributed by atoms with E-state index in [-0.39, 0.29) is 5.54 Å². The second-order valence-corrected chi connectivity index (χ2v) is 3.01. The summed E-state index contributed by atoms with van der Waals surface area (Å²) < 4.78 is 0. The minimum Gasteiger partial charge on any atom is -0.478 e. The molecule has 1 aliphatic rings. The van der Waals surface area contributed by atoms with Crippen molar-refractivity contribution < 1.29 is 9.90 Å². The van der Waals surface area contributed by atoms with Crippen LogP contribution in [0.2, 0.25) is 0 Å². The molecule has 0 bridgehead atoms. The van der Waals surface area contributed by atoms with E-state index in [9.17, 15) is 4.79 Å². The molecular weight excluding hydrogens is 142 g/mol. The Morgan fingerprint density at radius 1 is 1.82 bits per heavy atom. The van der Waals surface area contributed by atoms with Crippen LogP contribution in [-0.2, 0) is 4.79 Å². The zero-order chi connectivity index (χ0) is 8.48. The molecule has 3 N–H and O–H groups in total. The lowest BCUT2D eigenvalue weighted by atomic mass is 9.92. The van der Waals surface area contributed by atoms with Gasteiger partial charge in [-0.05, 0) is 13.3 Å². The topological polar surface area (TPSA) is 63.3 Å². The van der Waals surface area contributed by atoms with Crippen LogP contribution in [0.25, 0.3) is 0 Å². The first-order valence-electron chi connectivity index (χ1n) is 3.43.